The fourth-order valence-corrected chi connectivity index (χ4v) is 4.43. The van der Waals surface area contributed by atoms with Crippen LogP contribution in [0.25, 0.3) is 0 Å². The van der Waals surface area contributed by atoms with E-state index in [0.717, 1.165) is 23.8 Å². The molecule has 3 aromatic carbocycles. The zero-order valence-electron chi connectivity index (χ0n) is 16.6. The third-order valence-corrected chi connectivity index (χ3v) is 6.36. The Labute approximate surface area is 189 Å². The summed E-state index contributed by atoms with van der Waals surface area (Å²) in [6, 6.07) is 14.5. The fraction of sp³-hybridized carbons (Fsp3) is 0.136. The van der Waals surface area contributed by atoms with Crippen LogP contribution in [0.15, 0.2) is 65.6 Å². The first-order valence-corrected chi connectivity index (χ1v) is 11.4. The summed E-state index contributed by atoms with van der Waals surface area (Å²) in [6.07, 6.45) is 0. The predicted octanol–water partition coefficient (Wildman–Crippen LogP) is 3.98. The second-order valence-electron chi connectivity index (χ2n) is 6.88. The summed E-state index contributed by atoms with van der Waals surface area (Å²) in [5.74, 6) is 0.210. The van der Waals surface area contributed by atoms with E-state index in [1.807, 2.05) is 12.1 Å². The van der Waals surface area contributed by atoms with Crippen molar-refractivity contribution in [2.24, 2.45) is 0 Å². The van der Waals surface area contributed by atoms with Crippen LogP contribution in [0.1, 0.15) is 15.9 Å². The molecule has 0 aliphatic carbocycles. The average Bonchev–Trinajstić information content (AvgIpc) is 2.79. The molecule has 0 saturated heterocycles. The Bertz CT molecular complexity index is 1270. The smallest absolute Gasteiger partial charge is 0.261 e. The predicted molar refractivity (Wildman–Crippen MR) is 117 cm³/mol. The molecule has 0 saturated carbocycles. The lowest BCUT2D eigenvalue weighted by Gasteiger charge is -2.21. The highest BCUT2D eigenvalue weighted by Crippen LogP contribution is 2.33. The number of hydrogen-bond donors (Lipinski definition) is 2. The van der Waals surface area contributed by atoms with Crippen molar-refractivity contribution in [2.45, 2.75) is 11.4 Å². The minimum absolute atomic E-state index is 0.178. The number of nitrogens with one attached hydrogen (secondary N) is 2. The van der Waals surface area contributed by atoms with Gasteiger partial charge in [-0.1, -0.05) is 23.7 Å². The summed E-state index contributed by atoms with van der Waals surface area (Å²) in [7, 11) is -3.97. The lowest BCUT2D eigenvalue weighted by atomic mass is 10.1. The Morgan fingerprint density at radius 1 is 1.03 bits per heavy atom. The lowest BCUT2D eigenvalue weighted by molar-refractivity contribution is 0.0950. The first-order chi connectivity index (χ1) is 15.3. The third kappa shape index (κ3) is 4.79. The zero-order valence-corrected chi connectivity index (χ0v) is 18.2. The first kappa shape index (κ1) is 21.9. The van der Waals surface area contributed by atoms with E-state index in [0.29, 0.717) is 30.3 Å². The normalized spacial score (nSPS) is 12.8. The van der Waals surface area contributed by atoms with Crippen molar-refractivity contribution in [2.75, 3.05) is 17.9 Å². The van der Waals surface area contributed by atoms with E-state index in [4.69, 9.17) is 21.1 Å². The van der Waals surface area contributed by atoms with Crippen LogP contribution in [0.4, 0.5) is 10.1 Å². The molecule has 0 spiro atoms. The maximum absolute atomic E-state index is 13.3. The van der Waals surface area contributed by atoms with Crippen LogP contribution in [0.3, 0.4) is 0 Å². The number of halogens is 2. The van der Waals surface area contributed by atoms with Crippen LogP contribution in [-0.4, -0.2) is 27.5 Å². The minimum Gasteiger partial charge on any atom is -0.486 e. The van der Waals surface area contributed by atoms with Crippen molar-refractivity contribution in [1.29, 1.82) is 0 Å². The molecule has 1 amide bonds. The number of ether oxygens (including phenoxy) is 2. The molecule has 0 aromatic heterocycles. The van der Waals surface area contributed by atoms with Crippen molar-refractivity contribution in [3.05, 3.63) is 82.6 Å². The molecule has 0 fully saturated rings. The molecule has 166 valence electrons. The summed E-state index contributed by atoms with van der Waals surface area (Å²) in [6.45, 7) is 1.16. The Hall–Kier alpha value is -3.30. The maximum Gasteiger partial charge on any atom is 0.261 e. The average molecular weight is 477 g/mol. The molecule has 1 heterocycles. The van der Waals surface area contributed by atoms with Gasteiger partial charge in [0.05, 0.1) is 9.92 Å². The van der Waals surface area contributed by atoms with Crippen LogP contribution in [0, 0.1) is 5.82 Å². The zero-order chi connectivity index (χ0) is 22.7. The van der Waals surface area contributed by atoms with Gasteiger partial charge in [0.2, 0.25) is 0 Å². The van der Waals surface area contributed by atoms with E-state index in [1.54, 1.807) is 6.07 Å². The SMILES string of the molecule is O=C(NCc1cccc2c1OCCO2)c1ccc(NS(=O)(=O)c2ccc(F)c(Cl)c2)cc1. The summed E-state index contributed by atoms with van der Waals surface area (Å²) in [5, 5.41) is 2.51. The summed E-state index contributed by atoms with van der Waals surface area (Å²) in [4.78, 5) is 12.3. The number of fused-ring (bicyclic) bond motifs is 1. The number of anilines is 1. The van der Waals surface area contributed by atoms with E-state index in [2.05, 4.69) is 10.0 Å². The molecule has 1 aliphatic heterocycles. The van der Waals surface area contributed by atoms with E-state index >= 15 is 0 Å². The Balaban J connectivity index is 1.41. The summed E-state index contributed by atoms with van der Waals surface area (Å²) < 4.78 is 51.8. The van der Waals surface area contributed by atoms with Gasteiger partial charge in [-0.2, -0.15) is 0 Å². The third-order valence-electron chi connectivity index (χ3n) is 4.69. The van der Waals surface area contributed by atoms with Gasteiger partial charge < -0.3 is 14.8 Å². The van der Waals surface area contributed by atoms with Crippen LogP contribution in [0.2, 0.25) is 5.02 Å². The van der Waals surface area contributed by atoms with E-state index < -0.39 is 15.8 Å². The molecule has 0 radical (unpaired) electrons. The highest BCUT2D eigenvalue weighted by atomic mass is 35.5. The lowest BCUT2D eigenvalue weighted by Crippen LogP contribution is -2.24. The van der Waals surface area contributed by atoms with E-state index in [-0.39, 0.29) is 28.1 Å². The standard InChI is InChI=1S/C22H18ClFN2O5S/c23-18-12-17(8-9-19(18)24)32(28,29)26-16-6-4-14(5-7-16)22(27)25-13-15-2-1-3-20-21(15)31-11-10-30-20/h1-9,12,26H,10-11,13H2,(H,25,27). The number of carbonyl (C=O) groups is 1. The van der Waals surface area contributed by atoms with Gasteiger partial charge in [-0.3, -0.25) is 9.52 Å². The van der Waals surface area contributed by atoms with Crippen molar-refractivity contribution in [3.8, 4) is 11.5 Å². The molecule has 32 heavy (non-hydrogen) atoms. The summed E-state index contributed by atoms with van der Waals surface area (Å²) >= 11 is 5.67. The second-order valence-corrected chi connectivity index (χ2v) is 8.97. The Kier molecular flexibility index (Phi) is 6.20. The van der Waals surface area contributed by atoms with Crippen molar-refractivity contribution in [1.82, 2.24) is 5.32 Å². The molecule has 10 heteroatoms. The molecule has 7 nitrogen and oxygen atoms in total. The largest absolute Gasteiger partial charge is 0.486 e. The summed E-state index contributed by atoms with van der Waals surface area (Å²) in [5.41, 5.74) is 1.38. The monoisotopic (exact) mass is 476 g/mol. The van der Waals surface area contributed by atoms with Gasteiger partial charge in [0.15, 0.2) is 11.5 Å². The van der Waals surface area contributed by atoms with Crippen molar-refractivity contribution >= 4 is 33.2 Å². The number of rotatable bonds is 6. The quantitative estimate of drug-likeness (QED) is 0.561. The number of hydrogen-bond acceptors (Lipinski definition) is 5. The fourth-order valence-electron chi connectivity index (χ4n) is 3.10. The van der Waals surface area contributed by atoms with Gasteiger partial charge >= 0.3 is 0 Å². The molecule has 0 atom stereocenters. The van der Waals surface area contributed by atoms with Gasteiger partial charge in [0.25, 0.3) is 15.9 Å². The first-order valence-electron chi connectivity index (χ1n) is 9.57. The number of benzene rings is 3. The van der Waals surface area contributed by atoms with Crippen LogP contribution in [0.5, 0.6) is 11.5 Å². The number of para-hydroxylation sites is 1. The Morgan fingerprint density at radius 2 is 1.78 bits per heavy atom. The molecule has 0 bridgehead atoms. The van der Waals surface area contributed by atoms with Crippen molar-refractivity contribution in [3.63, 3.8) is 0 Å². The van der Waals surface area contributed by atoms with Gasteiger partial charge in [-0.25, -0.2) is 12.8 Å². The van der Waals surface area contributed by atoms with E-state index in [9.17, 15) is 17.6 Å². The Morgan fingerprint density at radius 3 is 2.53 bits per heavy atom. The highest BCUT2D eigenvalue weighted by Gasteiger charge is 2.18. The number of carbonyl (C=O) groups excluding carboxylic acids is 1. The van der Waals surface area contributed by atoms with Crippen LogP contribution in [-0.2, 0) is 16.6 Å². The number of amides is 1. The maximum atomic E-state index is 13.3. The van der Waals surface area contributed by atoms with Gasteiger partial charge in [-0.05, 0) is 48.5 Å². The van der Waals surface area contributed by atoms with Gasteiger partial charge in [-0.15, -0.1) is 0 Å². The molecule has 3 aromatic rings. The second kappa shape index (κ2) is 9.05. The topological polar surface area (TPSA) is 93.7 Å². The number of sulfonamides is 1. The molecule has 2 N–H and O–H groups in total. The van der Waals surface area contributed by atoms with Gasteiger partial charge in [0, 0.05) is 23.4 Å². The molecular formula is C22H18ClFN2O5S. The van der Waals surface area contributed by atoms with E-state index in [1.165, 1.54) is 24.3 Å². The van der Waals surface area contributed by atoms with Gasteiger partial charge in [0.1, 0.15) is 19.0 Å². The minimum atomic E-state index is -3.97. The molecule has 4 rings (SSSR count). The van der Waals surface area contributed by atoms with Crippen molar-refractivity contribution < 1.29 is 27.1 Å². The highest BCUT2D eigenvalue weighted by molar-refractivity contribution is 7.92. The van der Waals surface area contributed by atoms with Crippen LogP contribution < -0.4 is 19.5 Å². The molecule has 1 aliphatic rings. The molecule has 0 unspecified atom stereocenters. The van der Waals surface area contributed by atoms with Crippen LogP contribution >= 0.6 is 11.6 Å². The molecular weight excluding hydrogens is 459 g/mol.